The first kappa shape index (κ1) is 15.2. The maximum absolute atomic E-state index is 11.6. The lowest BCUT2D eigenvalue weighted by atomic mass is 10.0. The average molecular weight is 273 g/mol. The topological polar surface area (TPSA) is 131 Å². The molecule has 5 N–H and O–H groups in total. The van der Waals surface area contributed by atoms with Crippen molar-refractivity contribution in [2.75, 3.05) is 6.61 Å². The monoisotopic (exact) mass is 273 g/mol. The van der Waals surface area contributed by atoms with E-state index in [9.17, 15) is 14.4 Å². The van der Waals surface area contributed by atoms with Crippen LogP contribution in [0.1, 0.15) is 26.2 Å². The number of carbonyl (C=O) groups is 3. The Morgan fingerprint density at radius 1 is 1.47 bits per heavy atom. The van der Waals surface area contributed by atoms with Crippen molar-refractivity contribution in [3.8, 4) is 0 Å². The molecule has 0 aliphatic carbocycles. The number of carboxylic acids is 1. The van der Waals surface area contributed by atoms with Gasteiger partial charge in [-0.05, 0) is 19.8 Å². The summed E-state index contributed by atoms with van der Waals surface area (Å²) >= 11 is 0. The van der Waals surface area contributed by atoms with Crippen molar-refractivity contribution in [3.05, 3.63) is 0 Å². The quantitative estimate of drug-likeness (QED) is 0.520. The first-order valence-corrected chi connectivity index (χ1v) is 6.08. The minimum atomic E-state index is -1.31. The molecular weight excluding hydrogens is 254 g/mol. The molecule has 1 aliphatic heterocycles. The molecule has 8 nitrogen and oxygen atoms in total. The third-order valence-corrected chi connectivity index (χ3v) is 2.83. The highest BCUT2D eigenvalue weighted by Crippen LogP contribution is 2.12. The zero-order chi connectivity index (χ0) is 14.4. The molecule has 1 aliphatic rings. The third-order valence-electron chi connectivity index (χ3n) is 2.83. The first-order valence-electron chi connectivity index (χ1n) is 6.08. The second-order valence-electron chi connectivity index (χ2n) is 4.58. The van der Waals surface area contributed by atoms with Crippen LogP contribution in [0.25, 0.3) is 0 Å². The number of carbonyl (C=O) groups excluding carboxylic acids is 2. The van der Waals surface area contributed by atoms with Crippen molar-refractivity contribution < 1.29 is 24.2 Å². The summed E-state index contributed by atoms with van der Waals surface area (Å²) in [6, 6.07) is -1.99. The lowest BCUT2D eigenvalue weighted by molar-refractivity contribution is -0.140. The summed E-state index contributed by atoms with van der Waals surface area (Å²) in [6.45, 7) is 2.45. The summed E-state index contributed by atoms with van der Waals surface area (Å²) in [7, 11) is 0. The van der Waals surface area contributed by atoms with E-state index in [1.807, 2.05) is 6.92 Å². The summed E-state index contributed by atoms with van der Waals surface area (Å²) in [6.07, 6.45) is 0.958. The van der Waals surface area contributed by atoms with Gasteiger partial charge in [0.25, 0.3) is 0 Å². The summed E-state index contributed by atoms with van der Waals surface area (Å²) in [5.41, 5.74) is 4.92. The van der Waals surface area contributed by atoms with E-state index in [2.05, 4.69) is 10.6 Å². The average Bonchev–Trinajstić information content (AvgIpc) is 2.27. The zero-order valence-electron chi connectivity index (χ0n) is 10.7. The Morgan fingerprint density at radius 2 is 2.16 bits per heavy atom. The Labute approximate surface area is 110 Å². The smallest absolute Gasteiger partial charge is 0.326 e. The van der Waals surface area contributed by atoms with E-state index in [-0.39, 0.29) is 12.1 Å². The van der Waals surface area contributed by atoms with Gasteiger partial charge in [-0.3, -0.25) is 4.79 Å². The second-order valence-corrected chi connectivity index (χ2v) is 4.58. The molecule has 0 aromatic rings. The number of nitrogens with two attached hydrogens (primary N) is 1. The fourth-order valence-corrected chi connectivity index (χ4v) is 1.92. The lowest BCUT2D eigenvalue weighted by Crippen LogP contribution is -2.51. The minimum Gasteiger partial charge on any atom is -0.480 e. The van der Waals surface area contributed by atoms with E-state index < -0.39 is 30.4 Å². The SMILES string of the molecule is CC1CC(NC(=O)N[C@H](CC(N)=O)C(=O)O)CCO1. The molecule has 2 unspecified atom stereocenters. The van der Waals surface area contributed by atoms with E-state index in [0.29, 0.717) is 19.4 Å². The van der Waals surface area contributed by atoms with Gasteiger partial charge in [0.05, 0.1) is 12.5 Å². The van der Waals surface area contributed by atoms with Crippen LogP contribution in [-0.2, 0) is 14.3 Å². The number of nitrogens with one attached hydrogen (secondary N) is 2. The maximum atomic E-state index is 11.6. The molecule has 0 aromatic carbocycles. The number of urea groups is 1. The number of hydrogen-bond acceptors (Lipinski definition) is 4. The molecule has 19 heavy (non-hydrogen) atoms. The molecule has 3 amide bonds. The largest absolute Gasteiger partial charge is 0.480 e. The fourth-order valence-electron chi connectivity index (χ4n) is 1.92. The van der Waals surface area contributed by atoms with Gasteiger partial charge >= 0.3 is 12.0 Å². The molecule has 1 rings (SSSR count). The summed E-state index contributed by atoms with van der Waals surface area (Å²) in [5, 5.41) is 13.7. The van der Waals surface area contributed by atoms with Crippen molar-refractivity contribution in [1.29, 1.82) is 0 Å². The van der Waals surface area contributed by atoms with Crippen molar-refractivity contribution in [2.45, 2.75) is 44.4 Å². The van der Waals surface area contributed by atoms with Crippen molar-refractivity contribution in [1.82, 2.24) is 10.6 Å². The maximum Gasteiger partial charge on any atom is 0.326 e. The van der Waals surface area contributed by atoms with Crippen LogP contribution in [0.5, 0.6) is 0 Å². The van der Waals surface area contributed by atoms with E-state index in [0.717, 1.165) is 0 Å². The first-order chi connectivity index (χ1) is 8.88. The lowest BCUT2D eigenvalue weighted by Gasteiger charge is -2.28. The van der Waals surface area contributed by atoms with E-state index >= 15 is 0 Å². The molecule has 0 saturated carbocycles. The van der Waals surface area contributed by atoms with Crippen LogP contribution in [0, 0.1) is 0 Å². The molecule has 0 radical (unpaired) electrons. The Balaban J connectivity index is 2.43. The Hall–Kier alpha value is -1.83. The van der Waals surface area contributed by atoms with Gasteiger partial charge in [0, 0.05) is 12.6 Å². The molecule has 0 bridgehead atoms. The summed E-state index contributed by atoms with van der Waals surface area (Å²) in [4.78, 5) is 33.2. The molecule has 108 valence electrons. The van der Waals surface area contributed by atoms with Crippen LogP contribution in [-0.4, -0.2) is 47.8 Å². The van der Waals surface area contributed by atoms with Crippen LogP contribution < -0.4 is 16.4 Å². The van der Waals surface area contributed by atoms with Crippen molar-refractivity contribution >= 4 is 17.9 Å². The number of ether oxygens (including phenoxy) is 1. The highest BCUT2D eigenvalue weighted by atomic mass is 16.5. The zero-order valence-corrected chi connectivity index (χ0v) is 10.7. The van der Waals surface area contributed by atoms with Gasteiger partial charge in [0.15, 0.2) is 0 Å². The predicted molar refractivity (Wildman–Crippen MR) is 65.3 cm³/mol. The molecule has 1 heterocycles. The second kappa shape index (κ2) is 6.93. The molecule has 1 saturated heterocycles. The van der Waals surface area contributed by atoms with Gasteiger partial charge in [-0.2, -0.15) is 0 Å². The predicted octanol–water partition coefficient (Wildman–Crippen LogP) is -0.818. The highest BCUT2D eigenvalue weighted by Gasteiger charge is 2.25. The van der Waals surface area contributed by atoms with Crippen LogP contribution in [0.4, 0.5) is 4.79 Å². The Morgan fingerprint density at radius 3 is 2.68 bits per heavy atom. The van der Waals surface area contributed by atoms with Gasteiger partial charge in [-0.15, -0.1) is 0 Å². The standard InChI is InChI=1S/C11H19N3O5/c1-6-4-7(2-3-19-6)13-11(18)14-8(10(16)17)5-9(12)15/h6-8H,2-5H2,1H3,(H2,12,15)(H,16,17)(H2,13,14,18)/t6?,7?,8-/m1/s1. The highest BCUT2D eigenvalue weighted by molar-refractivity contribution is 5.87. The fraction of sp³-hybridized carbons (Fsp3) is 0.727. The van der Waals surface area contributed by atoms with Gasteiger partial charge in [0.1, 0.15) is 6.04 Å². The number of amides is 3. The Bertz CT molecular complexity index is 360. The van der Waals surface area contributed by atoms with Gasteiger partial charge in [-0.1, -0.05) is 0 Å². The van der Waals surface area contributed by atoms with Crippen LogP contribution in [0.2, 0.25) is 0 Å². The van der Waals surface area contributed by atoms with Gasteiger partial charge in [-0.25, -0.2) is 9.59 Å². The molecule has 3 atom stereocenters. The minimum absolute atomic E-state index is 0.0555. The van der Waals surface area contributed by atoms with Gasteiger partial charge in [0.2, 0.25) is 5.91 Å². The van der Waals surface area contributed by atoms with E-state index in [4.69, 9.17) is 15.6 Å². The van der Waals surface area contributed by atoms with Crippen LogP contribution in [0.15, 0.2) is 0 Å². The summed E-state index contributed by atoms with van der Waals surface area (Å²) in [5.74, 6) is -2.08. The molecule has 0 spiro atoms. The van der Waals surface area contributed by atoms with Gasteiger partial charge < -0.3 is 26.2 Å². The molecule has 1 fully saturated rings. The molecular formula is C11H19N3O5. The number of carboxylic acid groups (broad SMARTS) is 1. The van der Waals surface area contributed by atoms with Crippen molar-refractivity contribution in [2.24, 2.45) is 5.73 Å². The number of aliphatic carboxylic acids is 1. The normalized spacial score (nSPS) is 24.3. The third kappa shape index (κ3) is 5.56. The molecule has 8 heteroatoms. The number of hydrogen-bond donors (Lipinski definition) is 4. The summed E-state index contributed by atoms with van der Waals surface area (Å²) < 4.78 is 5.33. The van der Waals surface area contributed by atoms with E-state index in [1.165, 1.54) is 0 Å². The van der Waals surface area contributed by atoms with Crippen molar-refractivity contribution in [3.63, 3.8) is 0 Å². The molecule has 0 aromatic heterocycles. The Kier molecular flexibility index (Phi) is 5.56. The number of primary amides is 1. The van der Waals surface area contributed by atoms with E-state index in [1.54, 1.807) is 0 Å². The number of rotatable bonds is 5. The van der Waals surface area contributed by atoms with Crippen LogP contribution >= 0.6 is 0 Å². The van der Waals surface area contributed by atoms with Crippen LogP contribution in [0.3, 0.4) is 0 Å².